The first-order valence-corrected chi connectivity index (χ1v) is 9.82. The number of aromatic hydroxyl groups is 1. The molecule has 2 aromatic rings. The van der Waals surface area contributed by atoms with Crippen LogP contribution in [0, 0.1) is 5.92 Å². The fourth-order valence-electron chi connectivity index (χ4n) is 3.95. The number of hydrogen-bond acceptors (Lipinski definition) is 6. The maximum atomic E-state index is 13.5. The molecule has 7 nitrogen and oxygen atoms in total. The summed E-state index contributed by atoms with van der Waals surface area (Å²) in [5.74, 6) is 0.393. The Morgan fingerprint density at radius 1 is 1.14 bits per heavy atom. The van der Waals surface area contributed by atoms with Gasteiger partial charge in [-0.05, 0) is 53.6 Å². The van der Waals surface area contributed by atoms with Gasteiger partial charge in [-0.15, -0.1) is 0 Å². The predicted octanol–water partition coefficient (Wildman–Crippen LogP) is 1.83. The number of aliphatic imine (C=N–C) groups is 1. The van der Waals surface area contributed by atoms with Crippen molar-refractivity contribution in [1.82, 2.24) is 4.90 Å². The number of carbonyl (C=O) groups excluding carboxylic acids is 1. The molecule has 1 aliphatic heterocycles. The molecule has 1 atom stereocenters. The fourth-order valence-corrected chi connectivity index (χ4v) is 3.95. The van der Waals surface area contributed by atoms with E-state index in [1.54, 1.807) is 18.2 Å². The zero-order valence-electron chi connectivity index (χ0n) is 16.1. The summed E-state index contributed by atoms with van der Waals surface area (Å²) >= 11 is 0. The third kappa shape index (κ3) is 3.59. The molecule has 0 aromatic heterocycles. The third-order valence-electron chi connectivity index (χ3n) is 5.48. The van der Waals surface area contributed by atoms with Crippen molar-refractivity contribution in [3.8, 4) is 16.9 Å². The SMILES string of the molecule is NC1=NC(c2cccc(-c3cccc(O)c3)c2)(C2CC2)C(=O)N1CCOCCO. The van der Waals surface area contributed by atoms with Gasteiger partial charge in [-0.25, -0.2) is 4.99 Å². The van der Waals surface area contributed by atoms with Gasteiger partial charge in [-0.3, -0.25) is 9.69 Å². The molecule has 1 aliphatic carbocycles. The summed E-state index contributed by atoms with van der Waals surface area (Å²) in [5.41, 5.74) is 7.73. The predicted molar refractivity (Wildman–Crippen MR) is 109 cm³/mol. The fraction of sp³-hybridized carbons (Fsp3) is 0.364. The largest absolute Gasteiger partial charge is 0.508 e. The maximum Gasteiger partial charge on any atom is 0.262 e. The number of phenolic OH excluding ortho intramolecular Hbond substituents is 1. The number of guanidine groups is 1. The topological polar surface area (TPSA) is 108 Å². The molecular formula is C22H25N3O4. The molecule has 1 fully saturated rings. The van der Waals surface area contributed by atoms with E-state index in [9.17, 15) is 9.90 Å². The number of phenols is 1. The molecule has 7 heteroatoms. The maximum absolute atomic E-state index is 13.5. The molecule has 4 N–H and O–H groups in total. The Morgan fingerprint density at radius 2 is 1.86 bits per heavy atom. The highest BCUT2D eigenvalue weighted by atomic mass is 16.5. The molecule has 0 saturated heterocycles. The van der Waals surface area contributed by atoms with Crippen molar-refractivity contribution in [3.05, 3.63) is 54.1 Å². The van der Waals surface area contributed by atoms with Crippen LogP contribution in [-0.4, -0.2) is 53.3 Å². The van der Waals surface area contributed by atoms with Crippen LogP contribution in [-0.2, 0) is 15.1 Å². The van der Waals surface area contributed by atoms with Crippen LogP contribution in [0.2, 0.25) is 0 Å². The number of benzene rings is 2. The van der Waals surface area contributed by atoms with Crippen molar-refractivity contribution in [2.24, 2.45) is 16.6 Å². The van der Waals surface area contributed by atoms with Gasteiger partial charge in [0.15, 0.2) is 11.5 Å². The van der Waals surface area contributed by atoms with E-state index >= 15 is 0 Å². The molecule has 0 spiro atoms. The van der Waals surface area contributed by atoms with Crippen molar-refractivity contribution >= 4 is 11.9 Å². The van der Waals surface area contributed by atoms with Gasteiger partial charge in [0.25, 0.3) is 5.91 Å². The number of ether oxygens (including phenoxy) is 1. The number of hydrogen-bond donors (Lipinski definition) is 3. The quantitative estimate of drug-likeness (QED) is 0.591. The van der Waals surface area contributed by atoms with Gasteiger partial charge in [0, 0.05) is 0 Å². The van der Waals surface area contributed by atoms with Crippen molar-refractivity contribution in [3.63, 3.8) is 0 Å². The van der Waals surface area contributed by atoms with Crippen molar-refractivity contribution in [1.29, 1.82) is 0 Å². The Labute approximate surface area is 169 Å². The minimum Gasteiger partial charge on any atom is -0.508 e. The van der Waals surface area contributed by atoms with E-state index in [0.29, 0.717) is 6.54 Å². The molecule has 2 aliphatic rings. The molecular weight excluding hydrogens is 370 g/mol. The summed E-state index contributed by atoms with van der Waals surface area (Å²) in [7, 11) is 0. The lowest BCUT2D eigenvalue weighted by molar-refractivity contribution is -0.132. The van der Waals surface area contributed by atoms with E-state index < -0.39 is 5.54 Å². The van der Waals surface area contributed by atoms with Crippen LogP contribution >= 0.6 is 0 Å². The average Bonchev–Trinajstić information content (AvgIpc) is 3.54. The van der Waals surface area contributed by atoms with E-state index in [1.165, 1.54) is 4.90 Å². The summed E-state index contributed by atoms with van der Waals surface area (Å²) in [5, 5.41) is 18.7. The van der Waals surface area contributed by atoms with Gasteiger partial charge < -0.3 is 20.7 Å². The van der Waals surface area contributed by atoms with E-state index in [0.717, 1.165) is 29.5 Å². The second kappa shape index (κ2) is 7.85. The molecule has 152 valence electrons. The third-order valence-corrected chi connectivity index (χ3v) is 5.48. The summed E-state index contributed by atoms with van der Waals surface area (Å²) in [6.45, 7) is 0.742. The number of nitrogens with two attached hydrogens (primary N) is 1. The van der Waals surface area contributed by atoms with Gasteiger partial charge in [0.2, 0.25) is 0 Å². The van der Waals surface area contributed by atoms with Crippen molar-refractivity contribution < 1.29 is 19.7 Å². The molecule has 29 heavy (non-hydrogen) atoms. The van der Waals surface area contributed by atoms with Gasteiger partial charge in [0.05, 0.1) is 26.4 Å². The van der Waals surface area contributed by atoms with E-state index in [2.05, 4.69) is 4.99 Å². The second-order valence-electron chi connectivity index (χ2n) is 7.43. The first kappa shape index (κ1) is 19.4. The molecule has 1 unspecified atom stereocenters. The average molecular weight is 395 g/mol. The summed E-state index contributed by atoms with van der Waals surface area (Å²) in [4.78, 5) is 19.6. The van der Waals surface area contributed by atoms with Crippen LogP contribution < -0.4 is 5.73 Å². The normalized spacial score (nSPS) is 21.5. The van der Waals surface area contributed by atoms with Gasteiger partial charge in [0.1, 0.15) is 5.75 Å². The number of carbonyl (C=O) groups is 1. The van der Waals surface area contributed by atoms with Crippen LogP contribution in [0.4, 0.5) is 0 Å². The standard InChI is InChI=1S/C22H25N3O4/c23-21-24-22(17-7-8-17,20(28)25(21)9-11-29-12-10-26)18-5-1-3-15(13-18)16-4-2-6-19(27)14-16/h1-6,13-14,17,26-27H,7-12H2,(H2,23,24). The summed E-state index contributed by atoms with van der Waals surface area (Å²) in [6, 6.07) is 14.8. The zero-order valence-corrected chi connectivity index (χ0v) is 16.1. The molecule has 0 radical (unpaired) electrons. The highest BCUT2D eigenvalue weighted by Gasteiger charge is 2.57. The van der Waals surface area contributed by atoms with E-state index in [4.69, 9.17) is 15.6 Å². The number of nitrogens with zero attached hydrogens (tertiary/aromatic N) is 2. The lowest BCUT2D eigenvalue weighted by atomic mass is 9.83. The second-order valence-corrected chi connectivity index (χ2v) is 7.43. The first-order valence-electron chi connectivity index (χ1n) is 9.82. The Balaban J connectivity index is 1.66. The van der Waals surface area contributed by atoms with E-state index in [1.807, 2.05) is 30.3 Å². The molecule has 1 saturated carbocycles. The van der Waals surface area contributed by atoms with Crippen LogP contribution in [0.25, 0.3) is 11.1 Å². The number of aliphatic hydroxyl groups is 1. The lowest BCUT2D eigenvalue weighted by Gasteiger charge is -2.27. The molecule has 1 heterocycles. The monoisotopic (exact) mass is 395 g/mol. The van der Waals surface area contributed by atoms with Gasteiger partial charge in [-0.2, -0.15) is 0 Å². The Kier molecular flexibility index (Phi) is 5.25. The molecule has 0 bridgehead atoms. The van der Waals surface area contributed by atoms with Crippen LogP contribution in [0.1, 0.15) is 18.4 Å². The number of amides is 1. The molecule has 1 amide bonds. The van der Waals surface area contributed by atoms with Crippen LogP contribution in [0.3, 0.4) is 0 Å². The van der Waals surface area contributed by atoms with Crippen molar-refractivity contribution in [2.45, 2.75) is 18.4 Å². The number of rotatable bonds is 8. The van der Waals surface area contributed by atoms with Crippen LogP contribution in [0.15, 0.2) is 53.5 Å². The Hall–Kier alpha value is -2.90. The summed E-state index contributed by atoms with van der Waals surface area (Å²) in [6.07, 6.45) is 1.85. The smallest absolute Gasteiger partial charge is 0.262 e. The minimum atomic E-state index is -1.01. The summed E-state index contributed by atoms with van der Waals surface area (Å²) < 4.78 is 5.30. The molecule has 4 rings (SSSR count). The van der Waals surface area contributed by atoms with Gasteiger partial charge >= 0.3 is 0 Å². The van der Waals surface area contributed by atoms with E-state index in [-0.39, 0.29) is 43.4 Å². The van der Waals surface area contributed by atoms with Crippen molar-refractivity contribution in [2.75, 3.05) is 26.4 Å². The number of aliphatic hydroxyl groups excluding tert-OH is 1. The highest BCUT2D eigenvalue weighted by molar-refractivity contribution is 6.07. The Bertz CT molecular complexity index is 941. The minimum absolute atomic E-state index is 0.0641. The van der Waals surface area contributed by atoms with Crippen LogP contribution in [0.5, 0.6) is 5.75 Å². The van der Waals surface area contributed by atoms with Gasteiger partial charge in [-0.1, -0.05) is 30.3 Å². The zero-order chi connectivity index (χ0) is 20.4. The first-order chi connectivity index (χ1) is 14.1. The Morgan fingerprint density at radius 3 is 2.55 bits per heavy atom. The molecule has 2 aromatic carbocycles. The lowest BCUT2D eigenvalue weighted by Crippen LogP contribution is -2.45. The highest BCUT2D eigenvalue weighted by Crippen LogP contribution is 2.52.